The molecule has 1 aromatic heterocycles. The molecule has 0 unspecified atom stereocenters. The van der Waals surface area contributed by atoms with Gasteiger partial charge in [0.2, 0.25) is 0 Å². The van der Waals surface area contributed by atoms with Crippen LogP contribution >= 0.6 is 24.0 Å². The number of aliphatic imine (C=N–C) groups is 1. The number of aromatic nitrogens is 3. The summed E-state index contributed by atoms with van der Waals surface area (Å²) in [4.78, 5) is 7.17. The Morgan fingerprint density at radius 3 is 2.77 bits per heavy atom. The van der Waals surface area contributed by atoms with E-state index in [4.69, 9.17) is 4.99 Å². The lowest BCUT2D eigenvalue weighted by atomic mass is 10.00. The van der Waals surface area contributed by atoms with E-state index < -0.39 is 0 Å². The maximum absolute atomic E-state index is 4.79. The van der Waals surface area contributed by atoms with Gasteiger partial charge in [-0.15, -0.1) is 34.2 Å². The second-order valence-electron chi connectivity index (χ2n) is 6.13. The van der Waals surface area contributed by atoms with Crippen LogP contribution in [0.15, 0.2) is 4.99 Å². The van der Waals surface area contributed by atoms with Crippen molar-refractivity contribution in [2.75, 3.05) is 19.6 Å². The van der Waals surface area contributed by atoms with Gasteiger partial charge in [0.1, 0.15) is 12.4 Å². The summed E-state index contributed by atoms with van der Waals surface area (Å²) in [5.74, 6) is 3.99. The van der Waals surface area contributed by atoms with E-state index in [-0.39, 0.29) is 24.0 Å². The number of hydrogen-bond donors (Lipinski definition) is 1. The fourth-order valence-electron chi connectivity index (χ4n) is 3.12. The molecule has 6 nitrogen and oxygen atoms in total. The molecule has 3 rings (SSSR count). The van der Waals surface area contributed by atoms with Crippen LogP contribution in [-0.2, 0) is 19.5 Å². The average molecular weight is 418 g/mol. The van der Waals surface area contributed by atoms with Crippen molar-refractivity contribution in [3.05, 3.63) is 11.6 Å². The molecule has 0 atom stereocenters. The molecule has 0 radical (unpaired) electrons. The van der Waals surface area contributed by atoms with Gasteiger partial charge in [-0.2, -0.15) is 0 Å². The van der Waals surface area contributed by atoms with Crippen LogP contribution in [0.2, 0.25) is 0 Å². The maximum Gasteiger partial charge on any atom is 0.194 e. The molecule has 3 heterocycles. The highest BCUT2D eigenvalue weighted by molar-refractivity contribution is 14.0. The highest BCUT2D eigenvalue weighted by Gasteiger charge is 2.20. The van der Waals surface area contributed by atoms with Crippen LogP contribution in [-0.4, -0.2) is 45.3 Å². The number of guanidine groups is 1. The Hall–Kier alpha value is -0.860. The largest absolute Gasteiger partial charge is 0.357 e. The minimum absolute atomic E-state index is 0. The summed E-state index contributed by atoms with van der Waals surface area (Å²) in [7, 11) is 0. The molecule has 2 aliphatic heterocycles. The fraction of sp³-hybridized carbons (Fsp3) is 0.800. The Balaban J connectivity index is 0.00000176. The lowest BCUT2D eigenvalue weighted by Gasteiger charge is -2.32. The SMILES string of the molecule is CCNC(=NCc1nnc2n1CCC2)N1CCC(C)CC1.I. The fourth-order valence-corrected chi connectivity index (χ4v) is 3.12. The number of rotatable bonds is 3. The van der Waals surface area contributed by atoms with Gasteiger partial charge in [0.25, 0.3) is 0 Å². The summed E-state index contributed by atoms with van der Waals surface area (Å²) in [6.45, 7) is 9.24. The number of nitrogens with one attached hydrogen (secondary N) is 1. The van der Waals surface area contributed by atoms with Crippen molar-refractivity contribution >= 4 is 29.9 Å². The Kier molecular flexibility index (Phi) is 6.46. The Labute approximate surface area is 149 Å². The molecule has 0 amide bonds. The lowest BCUT2D eigenvalue weighted by molar-refractivity contribution is 0.273. The number of piperidine rings is 1. The molecule has 0 bridgehead atoms. The first-order chi connectivity index (χ1) is 10.3. The molecule has 0 aliphatic carbocycles. The van der Waals surface area contributed by atoms with Crippen LogP contribution in [0, 0.1) is 5.92 Å². The summed E-state index contributed by atoms with van der Waals surface area (Å²) in [5.41, 5.74) is 0. The first-order valence-electron chi connectivity index (χ1n) is 8.22. The summed E-state index contributed by atoms with van der Waals surface area (Å²) < 4.78 is 2.23. The summed E-state index contributed by atoms with van der Waals surface area (Å²) in [6, 6.07) is 0. The van der Waals surface area contributed by atoms with Gasteiger partial charge in [0, 0.05) is 32.6 Å². The number of nitrogens with zero attached hydrogens (tertiary/aromatic N) is 5. The molecular formula is C15H27IN6. The van der Waals surface area contributed by atoms with Crippen molar-refractivity contribution in [3.63, 3.8) is 0 Å². The zero-order chi connectivity index (χ0) is 14.7. The normalized spacial score (nSPS) is 19.0. The van der Waals surface area contributed by atoms with E-state index in [1.54, 1.807) is 0 Å². The minimum Gasteiger partial charge on any atom is -0.357 e. The first kappa shape index (κ1) is 17.5. The molecule has 1 fully saturated rings. The maximum atomic E-state index is 4.79. The Morgan fingerprint density at radius 1 is 1.27 bits per heavy atom. The monoisotopic (exact) mass is 418 g/mol. The van der Waals surface area contributed by atoms with Gasteiger partial charge in [-0.1, -0.05) is 6.92 Å². The van der Waals surface area contributed by atoms with Gasteiger partial charge in [-0.25, -0.2) is 4.99 Å². The molecular weight excluding hydrogens is 391 g/mol. The van der Waals surface area contributed by atoms with Crippen LogP contribution < -0.4 is 5.32 Å². The third-order valence-electron chi connectivity index (χ3n) is 4.47. The van der Waals surface area contributed by atoms with Crippen molar-refractivity contribution in [1.82, 2.24) is 25.0 Å². The molecule has 124 valence electrons. The van der Waals surface area contributed by atoms with Crippen LogP contribution in [0.3, 0.4) is 0 Å². The highest BCUT2D eigenvalue weighted by Crippen LogP contribution is 2.17. The summed E-state index contributed by atoms with van der Waals surface area (Å²) in [5, 5.41) is 12.0. The summed E-state index contributed by atoms with van der Waals surface area (Å²) >= 11 is 0. The van der Waals surface area contributed by atoms with Crippen molar-refractivity contribution in [3.8, 4) is 0 Å². The third-order valence-corrected chi connectivity index (χ3v) is 4.47. The second-order valence-corrected chi connectivity index (χ2v) is 6.13. The van der Waals surface area contributed by atoms with E-state index in [9.17, 15) is 0 Å². The number of aryl methyl sites for hydroxylation is 1. The number of halogens is 1. The van der Waals surface area contributed by atoms with Crippen molar-refractivity contribution < 1.29 is 0 Å². The van der Waals surface area contributed by atoms with Gasteiger partial charge in [0.05, 0.1) is 0 Å². The molecule has 0 spiro atoms. The zero-order valence-electron chi connectivity index (χ0n) is 13.6. The van der Waals surface area contributed by atoms with Crippen LogP contribution in [0.25, 0.3) is 0 Å². The molecule has 0 aromatic carbocycles. The molecule has 7 heteroatoms. The third kappa shape index (κ3) is 3.91. The van der Waals surface area contributed by atoms with Crippen molar-refractivity contribution in [2.24, 2.45) is 10.9 Å². The second kappa shape index (κ2) is 8.12. The highest BCUT2D eigenvalue weighted by atomic mass is 127. The van der Waals surface area contributed by atoms with E-state index in [1.807, 2.05) is 0 Å². The number of fused-ring (bicyclic) bond motifs is 1. The van der Waals surface area contributed by atoms with E-state index in [0.29, 0.717) is 6.54 Å². The van der Waals surface area contributed by atoms with Gasteiger partial charge in [-0.05, 0) is 32.1 Å². The predicted octanol–water partition coefficient (Wildman–Crippen LogP) is 2.04. The quantitative estimate of drug-likeness (QED) is 0.464. The van der Waals surface area contributed by atoms with Crippen LogP contribution in [0.4, 0.5) is 0 Å². The zero-order valence-corrected chi connectivity index (χ0v) is 15.9. The van der Waals surface area contributed by atoms with E-state index >= 15 is 0 Å². The lowest BCUT2D eigenvalue weighted by Crippen LogP contribution is -2.45. The number of hydrogen-bond acceptors (Lipinski definition) is 3. The van der Waals surface area contributed by atoms with E-state index in [2.05, 4.69) is 38.8 Å². The Bertz CT molecular complexity index is 504. The molecule has 1 saturated heterocycles. The molecule has 0 saturated carbocycles. The van der Waals surface area contributed by atoms with Gasteiger partial charge in [-0.3, -0.25) is 0 Å². The van der Waals surface area contributed by atoms with Crippen LogP contribution in [0.5, 0.6) is 0 Å². The minimum atomic E-state index is 0. The van der Waals surface area contributed by atoms with Crippen LogP contribution in [0.1, 0.15) is 44.8 Å². The van der Waals surface area contributed by atoms with Crippen molar-refractivity contribution in [1.29, 1.82) is 0 Å². The first-order valence-corrected chi connectivity index (χ1v) is 8.22. The van der Waals surface area contributed by atoms with E-state index in [1.165, 1.54) is 19.3 Å². The van der Waals surface area contributed by atoms with Gasteiger partial charge >= 0.3 is 0 Å². The van der Waals surface area contributed by atoms with Gasteiger partial charge in [0.15, 0.2) is 11.8 Å². The number of likely N-dealkylation sites (tertiary alicyclic amines) is 1. The van der Waals surface area contributed by atoms with Gasteiger partial charge < -0.3 is 14.8 Å². The topological polar surface area (TPSA) is 58.3 Å². The predicted molar refractivity (Wildman–Crippen MR) is 98.5 cm³/mol. The van der Waals surface area contributed by atoms with Crippen molar-refractivity contribution in [2.45, 2.75) is 52.6 Å². The average Bonchev–Trinajstić information content (AvgIpc) is 3.08. The molecule has 22 heavy (non-hydrogen) atoms. The molecule has 1 N–H and O–H groups in total. The molecule has 1 aromatic rings. The van der Waals surface area contributed by atoms with E-state index in [0.717, 1.165) is 56.1 Å². The summed E-state index contributed by atoms with van der Waals surface area (Å²) in [6.07, 6.45) is 4.75. The Morgan fingerprint density at radius 2 is 2.05 bits per heavy atom. The smallest absolute Gasteiger partial charge is 0.194 e. The standard InChI is InChI=1S/C15H26N6.HI/c1-3-16-15(20-9-6-12(2)7-10-20)17-11-14-19-18-13-5-4-8-21(13)14;/h12H,3-11H2,1-2H3,(H,16,17);1H. The molecule has 2 aliphatic rings.